The summed E-state index contributed by atoms with van der Waals surface area (Å²) >= 11 is 0. The van der Waals surface area contributed by atoms with E-state index >= 15 is 0 Å². The Hall–Kier alpha value is -3.18. The molecule has 0 aliphatic rings. The summed E-state index contributed by atoms with van der Waals surface area (Å²) in [6, 6.07) is 3.61. The summed E-state index contributed by atoms with van der Waals surface area (Å²) in [5.41, 5.74) is -0.869. The van der Waals surface area contributed by atoms with Gasteiger partial charge < -0.3 is 20.6 Å². The summed E-state index contributed by atoms with van der Waals surface area (Å²) in [6.45, 7) is 0. The first-order chi connectivity index (χ1) is 11.1. The molecular formula is C13H10N2O8S. The zero-order valence-electron chi connectivity index (χ0n) is 11.7. The number of phenols is 2. The Kier molecular flexibility index (Phi) is 4.39. The number of carboxylic acid groups (broad SMARTS) is 1. The van der Waals surface area contributed by atoms with Crippen LogP contribution in [-0.2, 0) is 10.1 Å². The molecule has 0 saturated heterocycles. The third-order valence-electron chi connectivity index (χ3n) is 2.87. The minimum absolute atomic E-state index is 0.312. The van der Waals surface area contributed by atoms with Crippen molar-refractivity contribution in [2.24, 2.45) is 0 Å². The van der Waals surface area contributed by atoms with E-state index < -0.39 is 44.0 Å². The maximum absolute atomic E-state index is 12.1. The molecule has 0 atom stereocenters. The van der Waals surface area contributed by atoms with Crippen molar-refractivity contribution >= 4 is 27.8 Å². The largest absolute Gasteiger partial charge is 0.507 e. The standard InChI is InChI=1S/C13H10N2O8S/c16-8-5-10(24(21,22)23)9(17)4-7(8)12(18)15-11-6(13(19)20)2-1-3-14-11/h1-5,16-17H,(H,19,20)(H,14,15,18)(H,21,22,23). The fourth-order valence-corrected chi connectivity index (χ4v) is 2.38. The number of benzene rings is 1. The fourth-order valence-electron chi connectivity index (χ4n) is 1.80. The minimum atomic E-state index is -4.81. The van der Waals surface area contributed by atoms with Crippen molar-refractivity contribution in [3.8, 4) is 11.5 Å². The number of hydrogen-bond donors (Lipinski definition) is 5. The van der Waals surface area contributed by atoms with Crippen LogP contribution in [0.25, 0.3) is 0 Å². The van der Waals surface area contributed by atoms with Crippen molar-refractivity contribution in [2.75, 3.05) is 5.32 Å². The number of pyridine rings is 1. The number of aromatic nitrogens is 1. The number of anilines is 1. The van der Waals surface area contributed by atoms with Gasteiger partial charge in [-0.1, -0.05) is 0 Å². The second-order valence-corrected chi connectivity index (χ2v) is 5.86. The average molecular weight is 354 g/mol. The number of carbonyl (C=O) groups is 2. The molecule has 0 unspecified atom stereocenters. The van der Waals surface area contributed by atoms with Crippen LogP contribution in [0, 0.1) is 0 Å². The molecule has 0 aliphatic heterocycles. The van der Waals surface area contributed by atoms with Crippen molar-refractivity contribution in [2.45, 2.75) is 4.90 Å². The van der Waals surface area contributed by atoms with E-state index in [4.69, 9.17) is 9.66 Å². The zero-order chi connectivity index (χ0) is 18.1. The SMILES string of the molecule is O=C(Nc1ncccc1C(=O)O)c1cc(O)c(S(=O)(=O)O)cc1O. The average Bonchev–Trinajstić information content (AvgIpc) is 2.48. The summed E-state index contributed by atoms with van der Waals surface area (Å²) in [5.74, 6) is -4.54. The molecule has 1 aromatic heterocycles. The lowest BCUT2D eigenvalue weighted by Gasteiger charge is -2.10. The molecule has 0 fully saturated rings. The molecule has 11 heteroatoms. The van der Waals surface area contributed by atoms with Crippen LogP contribution in [0.2, 0.25) is 0 Å². The number of nitrogens with zero attached hydrogens (tertiary/aromatic N) is 1. The van der Waals surface area contributed by atoms with Gasteiger partial charge in [0.2, 0.25) is 0 Å². The van der Waals surface area contributed by atoms with Crippen LogP contribution >= 0.6 is 0 Å². The third kappa shape index (κ3) is 3.42. The van der Waals surface area contributed by atoms with E-state index in [0.717, 1.165) is 0 Å². The molecule has 1 amide bonds. The molecule has 1 aromatic carbocycles. The maximum Gasteiger partial charge on any atom is 0.339 e. The van der Waals surface area contributed by atoms with Gasteiger partial charge in [0.05, 0.1) is 5.56 Å². The van der Waals surface area contributed by atoms with Crippen LogP contribution in [0.1, 0.15) is 20.7 Å². The smallest absolute Gasteiger partial charge is 0.339 e. The van der Waals surface area contributed by atoms with Crippen LogP contribution in [0.5, 0.6) is 11.5 Å². The molecule has 0 radical (unpaired) electrons. The number of aromatic carboxylic acids is 1. The second-order valence-electron chi connectivity index (χ2n) is 4.47. The molecule has 2 rings (SSSR count). The summed E-state index contributed by atoms with van der Waals surface area (Å²) in [7, 11) is -4.81. The highest BCUT2D eigenvalue weighted by Gasteiger charge is 2.23. The number of carbonyl (C=O) groups excluding carboxylic acids is 1. The molecular weight excluding hydrogens is 344 g/mol. The Balaban J connectivity index is 2.42. The van der Waals surface area contributed by atoms with E-state index in [2.05, 4.69) is 10.3 Å². The van der Waals surface area contributed by atoms with Crippen LogP contribution in [0.15, 0.2) is 35.4 Å². The first kappa shape index (κ1) is 17.2. The summed E-state index contributed by atoms with van der Waals surface area (Å²) in [4.78, 5) is 25.8. The van der Waals surface area contributed by atoms with Gasteiger partial charge in [0.25, 0.3) is 16.0 Å². The molecule has 0 spiro atoms. The molecule has 1 heterocycles. The Morgan fingerprint density at radius 2 is 1.75 bits per heavy atom. The van der Waals surface area contributed by atoms with Gasteiger partial charge in [-0.05, 0) is 18.2 Å². The number of phenolic OH excluding ortho intramolecular Hbond substituents is 2. The number of amides is 1. The number of nitrogens with one attached hydrogen (secondary N) is 1. The van der Waals surface area contributed by atoms with Gasteiger partial charge in [0, 0.05) is 12.3 Å². The van der Waals surface area contributed by atoms with E-state index in [1.54, 1.807) is 0 Å². The molecule has 24 heavy (non-hydrogen) atoms. The molecule has 0 aliphatic carbocycles. The summed E-state index contributed by atoms with van der Waals surface area (Å²) in [6.07, 6.45) is 1.22. The van der Waals surface area contributed by atoms with Gasteiger partial charge in [0.1, 0.15) is 27.8 Å². The third-order valence-corrected chi connectivity index (χ3v) is 3.75. The van der Waals surface area contributed by atoms with E-state index in [1.807, 2.05) is 0 Å². The Morgan fingerprint density at radius 1 is 1.08 bits per heavy atom. The van der Waals surface area contributed by atoms with Crippen LogP contribution < -0.4 is 5.32 Å². The van der Waals surface area contributed by atoms with Gasteiger partial charge in [-0.2, -0.15) is 8.42 Å². The first-order valence-corrected chi connectivity index (χ1v) is 7.58. The number of rotatable bonds is 4. The topological polar surface area (TPSA) is 174 Å². The van der Waals surface area contributed by atoms with E-state index in [-0.39, 0.29) is 11.4 Å². The Bertz CT molecular complexity index is 939. The van der Waals surface area contributed by atoms with Gasteiger partial charge in [-0.15, -0.1) is 0 Å². The van der Waals surface area contributed by atoms with Gasteiger partial charge in [0.15, 0.2) is 0 Å². The summed E-state index contributed by atoms with van der Waals surface area (Å²) in [5, 5.41) is 30.4. The highest BCUT2D eigenvalue weighted by molar-refractivity contribution is 7.86. The number of hydrogen-bond acceptors (Lipinski definition) is 7. The zero-order valence-corrected chi connectivity index (χ0v) is 12.5. The highest BCUT2D eigenvalue weighted by Crippen LogP contribution is 2.31. The van der Waals surface area contributed by atoms with Gasteiger partial charge in [-0.25, -0.2) is 9.78 Å². The summed E-state index contributed by atoms with van der Waals surface area (Å²) < 4.78 is 30.9. The lowest BCUT2D eigenvalue weighted by atomic mass is 10.1. The molecule has 10 nitrogen and oxygen atoms in total. The predicted octanol–water partition coefficient (Wildman–Crippen LogP) is 0.690. The Morgan fingerprint density at radius 3 is 2.33 bits per heavy atom. The quantitative estimate of drug-likeness (QED) is 0.391. The first-order valence-electron chi connectivity index (χ1n) is 6.14. The van der Waals surface area contributed by atoms with Crippen LogP contribution in [-0.4, -0.2) is 45.2 Å². The monoisotopic (exact) mass is 354 g/mol. The van der Waals surface area contributed by atoms with Crippen LogP contribution in [0.3, 0.4) is 0 Å². The highest BCUT2D eigenvalue weighted by atomic mass is 32.2. The lowest BCUT2D eigenvalue weighted by molar-refractivity contribution is 0.0697. The van der Waals surface area contributed by atoms with Crippen molar-refractivity contribution in [3.63, 3.8) is 0 Å². The fraction of sp³-hybridized carbons (Fsp3) is 0. The normalized spacial score (nSPS) is 11.0. The van der Waals surface area contributed by atoms with Crippen molar-refractivity contribution < 1.29 is 37.9 Å². The van der Waals surface area contributed by atoms with Crippen LogP contribution in [0.4, 0.5) is 5.82 Å². The van der Waals surface area contributed by atoms with E-state index in [9.17, 15) is 28.2 Å². The van der Waals surface area contributed by atoms with Crippen molar-refractivity contribution in [3.05, 3.63) is 41.6 Å². The number of aromatic hydroxyl groups is 2. The predicted molar refractivity (Wildman–Crippen MR) is 78.7 cm³/mol. The molecule has 0 saturated carbocycles. The number of carboxylic acids is 1. The molecule has 0 bridgehead atoms. The van der Waals surface area contributed by atoms with Gasteiger partial charge >= 0.3 is 5.97 Å². The molecule has 5 N–H and O–H groups in total. The molecule has 2 aromatic rings. The Labute approximate surface area is 134 Å². The van der Waals surface area contributed by atoms with Gasteiger partial charge in [-0.3, -0.25) is 9.35 Å². The molecule has 126 valence electrons. The lowest BCUT2D eigenvalue weighted by Crippen LogP contribution is -2.16. The van der Waals surface area contributed by atoms with E-state index in [0.29, 0.717) is 12.1 Å². The minimum Gasteiger partial charge on any atom is -0.507 e. The maximum atomic E-state index is 12.1. The van der Waals surface area contributed by atoms with Crippen molar-refractivity contribution in [1.82, 2.24) is 4.98 Å². The van der Waals surface area contributed by atoms with E-state index in [1.165, 1.54) is 18.3 Å². The second kappa shape index (κ2) is 6.14. The van der Waals surface area contributed by atoms with Crippen molar-refractivity contribution in [1.29, 1.82) is 0 Å².